The van der Waals surface area contributed by atoms with E-state index >= 15 is 0 Å². The Morgan fingerprint density at radius 3 is 2.87 bits per heavy atom. The molecule has 0 radical (unpaired) electrons. The predicted molar refractivity (Wildman–Crippen MR) is 61.9 cm³/mol. The monoisotopic (exact) mass is 226 g/mol. The van der Waals surface area contributed by atoms with Crippen molar-refractivity contribution in [2.75, 3.05) is 0 Å². The third-order valence-corrected chi connectivity index (χ3v) is 4.23. The molecule has 1 saturated carbocycles. The Kier molecular flexibility index (Phi) is 2.83. The highest BCUT2D eigenvalue weighted by Crippen LogP contribution is 2.40. The molecule has 1 heterocycles. The molecule has 1 aromatic rings. The van der Waals surface area contributed by atoms with Crippen LogP contribution in [0.5, 0.6) is 0 Å². The van der Waals surface area contributed by atoms with Gasteiger partial charge in [0, 0.05) is 23.4 Å². The van der Waals surface area contributed by atoms with Crippen LogP contribution in [0.2, 0.25) is 0 Å². The summed E-state index contributed by atoms with van der Waals surface area (Å²) < 4.78 is 0. The number of nitrogens with zero attached hydrogens (tertiary/aromatic N) is 1. The molecule has 4 heteroatoms. The largest absolute Gasteiger partial charge is 0.392 e. The second-order valence-corrected chi connectivity index (χ2v) is 5.93. The molecular weight excluding hydrogens is 208 g/mol. The lowest BCUT2D eigenvalue weighted by Gasteiger charge is -2.49. The van der Waals surface area contributed by atoms with Gasteiger partial charge in [-0.25, -0.2) is 4.98 Å². The van der Waals surface area contributed by atoms with Crippen LogP contribution in [0.15, 0.2) is 5.38 Å². The summed E-state index contributed by atoms with van der Waals surface area (Å²) in [6.07, 6.45) is 0.697. The number of aromatic nitrogens is 1. The van der Waals surface area contributed by atoms with Crippen molar-refractivity contribution in [3.05, 3.63) is 16.1 Å². The molecule has 0 aromatic carbocycles. The molecule has 2 N–H and O–H groups in total. The van der Waals surface area contributed by atoms with Crippen LogP contribution in [0, 0.1) is 12.3 Å². The number of aliphatic hydroxyl groups is 1. The van der Waals surface area contributed by atoms with Crippen molar-refractivity contribution in [3.8, 4) is 0 Å². The molecule has 0 aliphatic heterocycles. The first kappa shape index (κ1) is 11.0. The van der Waals surface area contributed by atoms with Gasteiger partial charge in [-0.15, -0.1) is 11.3 Å². The van der Waals surface area contributed by atoms with Crippen molar-refractivity contribution in [2.24, 2.45) is 5.41 Å². The summed E-state index contributed by atoms with van der Waals surface area (Å²) in [7, 11) is 0. The van der Waals surface area contributed by atoms with Crippen LogP contribution in [0.3, 0.4) is 0 Å². The smallest absolute Gasteiger partial charge is 0.0897 e. The third kappa shape index (κ3) is 2.07. The van der Waals surface area contributed by atoms with Crippen molar-refractivity contribution in [3.63, 3.8) is 0 Å². The van der Waals surface area contributed by atoms with Gasteiger partial charge < -0.3 is 10.4 Å². The van der Waals surface area contributed by atoms with Gasteiger partial charge in [-0.05, 0) is 13.3 Å². The molecule has 84 valence electrons. The fraction of sp³-hybridized carbons (Fsp3) is 0.727. The molecule has 15 heavy (non-hydrogen) atoms. The highest BCUT2D eigenvalue weighted by atomic mass is 32.1. The molecule has 1 aliphatic carbocycles. The summed E-state index contributed by atoms with van der Waals surface area (Å²) in [5, 5.41) is 16.2. The fourth-order valence-electron chi connectivity index (χ4n) is 1.97. The van der Waals surface area contributed by atoms with Gasteiger partial charge in [0.1, 0.15) is 0 Å². The minimum Gasteiger partial charge on any atom is -0.392 e. The first-order valence-corrected chi connectivity index (χ1v) is 6.20. The maximum absolute atomic E-state index is 9.59. The van der Waals surface area contributed by atoms with Crippen LogP contribution >= 0.6 is 11.3 Å². The highest BCUT2D eigenvalue weighted by molar-refractivity contribution is 7.09. The van der Waals surface area contributed by atoms with Crippen molar-refractivity contribution >= 4 is 11.3 Å². The second kappa shape index (κ2) is 3.85. The normalized spacial score (nSPS) is 28.8. The summed E-state index contributed by atoms with van der Waals surface area (Å²) in [6.45, 7) is 7.03. The van der Waals surface area contributed by atoms with Gasteiger partial charge in [-0.3, -0.25) is 0 Å². The quantitative estimate of drug-likeness (QED) is 0.824. The Morgan fingerprint density at radius 1 is 1.67 bits per heavy atom. The first-order chi connectivity index (χ1) is 7.00. The van der Waals surface area contributed by atoms with E-state index in [1.165, 1.54) is 0 Å². The number of thiazole rings is 1. The molecule has 1 aromatic heterocycles. The lowest BCUT2D eigenvalue weighted by molar-refractivity contribution is -0.0730. The Balaban J connectivity index is 1.85. The number of hydrogen-bond donors (Lipinski definition) is 2. The lowest BCUT2D eigenvalue weighted by Crippen LogP contribution is -2.59. The SMILES string of the molecule is Cc1nc(CNC2CC(O)C2(C)C)cs1. The fourth-order valence-corrected chi connectivity index (χ4v) is 2.58. The van der Waals surface area contributed by atoms with E-state index in [2.05, 4.69) is 29.5 Å². The molecule has 1 aliphatic rings. The maximum atomic E-state index is 9.59. The zero-order valence-electron chi connectivity index (χ0n) is 9.45. The van der Waals surface area contributed by atoms with E-state index in [1.54, 1.807) is 11.3 Å². The highest BCUT2D eigenvalue weighted by Gasteiger charge is 2.46. The number of nitrogens with one attached hydrogen (secondary N) is 1. The summed E-state index contributed by atoms with van der Waals surface area (Å²) >= 11 is 1.68. The Bertz CT molecular complexity index is 348. The molecule has 2 unspecified atom stereocenters. The van der Waals surface area contributed by atoms with E-state index in [9.17, 15) is 5.11 Å². The van der Waals surface area contributed by atoms with Crippen molar-refractivity contribution in [2.45, 2.75) is 45.9 Å². The van der Waals surface area contributed by atoms with Gasteiger partial charge in [-0.1, -0.05) is 13.8 Å². The van der Waals surface area contributed by atoms with Crippen LogP contribution < -0.4 is 5.32 Å². The third-order valence-electron chi connectivity index (χ3n) is 3.41. The van der Waals surface area contributed by atoms with Crippen molar-refractivity contribution in [1.82, 2.24) is 10.3 Å². The van der Waals surface area contributed by atoms with Crippen molar-refractivity contribution in [1.29, 1.82) is 0 Å². The van der Waals surface area contributed by atoms with E-state index in [0.717, 1.165) is 23.7 Å². The summed E-state index contributed by atoms with van der Waals surface area (Å²) in [5.41, 5.74) is 1.11. The molecule has 2 atom stereocenters. The van der Waals surface area contributed by atoms with Gasteiger partial charge in [0.25, 0.3) is 0 Å². The zero-order valence-corrected chi connectivity index (χ0v) is 10.3. The van der Waals surface area contributed by atoms with E-state index in [0.29, 0.717) is 6.04 Å². The average Bonchev–Trinajstić information content (AvgIpc) is 2.58. The average molecular weight is 226 g/mol. The van der Waals surface area contributed by atoms with Crippen LogP contribution in [0.4, 0.5) is 0 Å². The minimum atomic E-state index is -0.160. The van der Waals surface area contributed by atoms with Gasteiger partial charge >= 0.3 is 0 Å². The predicted octanol–water partition coefficient (Wildman–Crippen LogP) is 1.70. The topological polar surface area (TPSA) is 45.2 Å². The molecule has 0 saturated heterocycles. The molecule has 0 amide bonds. The Morgan fingerprint density at radius 2 is 2.40 bits per heavy atom. The van der Waals surface area contributed by atoms with Crippen LogP contribution in [0.25, 0.3) is 0 Å². The molecule has 0 bridgehead atoms. The number of hydrogen-bond acceptors (Lipinski definition) is 4. The van der Waals surface area contributed by atoms with Gasteiger partial charge in [0.2, 0.25) is 0 Å². The van der Waals surface area contributed by atoms with Gasteiger partial charge in [0.05, 0.1) is 16.8 Å². The number of aryl methyl sites for hydroxylation is 1. The standard InChI is InChI=1S/C11H18N2OS/c1-7-13-8(6-15-7)5-12-9-4-10(14)11(9,2)3/h6,9-10,12,14H,4-5H2,1-3H3. The molecular formula is C11H18N2OS. The van der Waals surface area contributed by atoms with Gasteiger partial charge in [0.15, 0.2) is 0 Å². The van der Waals surface area contributed by atoms with Gasteiger partial charge in [-0.2, -0.15) is 0 Å². The van der Waals surface area contributed by atoms with E-state index in [1.807, 2.05) is 6.92 Å². The number of aliphatic hydroxyl groups excluding tert-OH is 1. The van der Waals surface area contributed by atoms with Crippen LogP contribution in [-0.2, 0) is 6.54 Å². The summed E-state index contributed by atoms with van der Waals surface area (Å²) in [4.78, 5) is 4.40. The van der Waals surface area contributed by atoms with Crippen LogP contribution in [-0.4, -0.2) is 22.2 Å². The Labute approximate surface area is 94.5 Å². The molecule has 1 fully saturated rings. The molecule has 3 nitrogen and oxygen atoms in total. The molecule has 0 spiro atoms. The van der Waals surface area contributed by atoms with E-state index in [-0.39, 0.29) is 11.5 Å². The number of rotatable bonds is 3. The second-order valence-electron chi connectivity index (χ2n) is 4.86. The van der Waals surface area contributed by atoms with Crippen LogP contribution in [0.1, 0.15) is 31.0 Å². The van der Waals surface area contributed by atoms with Crippen molar-refractivity contribution < 1.29 is 5.11 Å². The lowest BCUT2D eigenvalue weighted by atomic mass is 9.64. The zero-order chi connectivity index (χ0) is 11.1. The summed E-state index contributed by atoms with van der Waals surface area (Å²) in [5.74, 6) is 0. The van der Waals surface area contributed by atoms with E-state index in [4.69, 9.17) is 0 Å². The maximum Gasteiger partial charge on any atom is 0.0897 e. The molecule has 2 rings (SSSR count). The Hall–Kier alpha value is -0.450. The minimum absolute atomic E-state index is 0.00503. The first-order valence-electron chi connectivity index (χ1n) is 5.32. The summed E-state index contributed by atoms with van der Waals surface area (Å²) in [6, 6.07) is 0.412. The van der Waals surface area contributed by atoms with E-state index < -0.39 is 0 Å².